The van der Waals surface area contributed by atoms with Crippen molar-refractivity contribution in [3.63, 3.8) is 0 Å². The number of carbonyl (C=O) groups excluding carboxylic acids is 2. The number of aromatic nitrogens is 2. The van der Waals surface area contributed by atoms with Gasteiger partial charge in [-0.15, -0.1) is 0 Å². The number of hydrogen-bond acceptors (Lipinski definition) is 7. The number of unbranched alkanes of at least 4 members (excludes halogenated alkanes) is 13. The van der Waals surface area contributed by atoms with Gasteiger partial charge in [0.25, 0.3) is 0 Å². The van der Waals surface area contributed by atoms with Crippen molar-refractivity contribution in [3.05, 3.63) is 5.56 Å². The molecule has 1 aromatic heterocycles. The standard InChI is InChI=1S/C18H36O2.C12H18N4O2/c1-3-4-5-6-7-8-9-10-11-12-13-14-15-16-17-18(19)20-2;1-7(2)6-13-10-8(3)11(18-5)16-12(15-10)14-9(4)17/h3-17H2,1-2H3;6-7H,1-5H3,(H,14,15,16,17)/b;13-6-. The molecule has 0 aliphatic carbocycles. The molecule has 0 radical (unpaired) electrons. The van der Waals surface area contributed by atoms with Gasteiger partial charge in [-0.2, -0.15) is 9.97 Å². The first-order chi connectivity index (χ1) is 18.2. The summed E-state index contributed by atoms with van der Waals surface area (Å²) in [6.45, 7) is 9.53. The highest BCUT2D eigenvalue weighted by molar-refractivity contribution is 5.87. The largest absolute Gasteiger partial charge is 0.481 e. The molecule has 1 heterocycles. The number of amides is 1. The quantitative estimate of drug-likeness (QED) is 0.109. The Balaban J connectivity index is 0.000000724. The molecule has 0 unspecified atom stereocenters. The number of rotatable bonds is 19. The maximum absolute atomic E-state index is 11.0. The molecule has 8 nitrogen and oxygen atoms in total. The van der Waals surface area contributed by atoms with E-state index in [1.165, 1.54) is 105 Å². The molecule has 8 heteroatoms. The van der Waals surface area contributed by atoms with Gasteiger partial charge < -0.3 is 9.47 Å². The molecule has 0 fully saturated rings. The zero-order valence-corrected chi connectivity index (χ0v) is 25.2. The van der Waals surface area contributed by atoms with Gasteiger partial charge in [0.2, 0.25) is 17.7 Å². The highest BCUT2D eigenvalue weighted by Gasteiger charge is 2.11. The van der Waals surface area contributed by atoms with E-state index in [2.05, 4.69) is 31.9 Å². The summed E-state index contributed by atoms with van der Waals surface area (Å²) >= 11 is 0. The molecule has 0 bridgehead atoms. The Hall–Kier alpha value is -2.51. The average Bonchev–Trinajstić information content (AvgIpc) is 2.88. The molecule has 0 aliphatic heterocycles. The molecule has 0 saturated heterocycles. The molecular formula is C30H54N4O4. The van der Waals surface area contributed by atoms with E-state index in [1.54, 1.807) is 6.21 Å². The summed E-state index contributed by atoms with van der Waals surface area (Å²) in [5.74, 6) is 1.11. The first-order valence-electron chi connectivity index (χ1n) is 14.6. The van der Waals surface area contributed by atoms with E-state index in [1.807, 2.05) is 20.8 Å². The zero-order valence-electron chi connectivity index (χ0n) is 25.2. The van der Waals surface area contributed by atoms with Crippen molar-refractivity contribution in [1.82, 2.24) is 9.97 Å². The number of nitrogens with zero attached hydrogens (tertiary/aromatic N) is 3. The molecule has 1 amide bonds. The minimum Gasteiger partial charge on any atom is -0.481 e. The maximum atomic E-state index is 11.0. The van der Waals surface area contributed by atoms with Crippen LogP contribution in [0.2, 0.25) is 0 Å². The van der Waals surface area contributed by atoms with Gasteiger partial charge in [0.05, 0.1) is 19.8 Å². The predicted octanol–water partition coefficient (Wildman–Crippen LogP) is 8.14. The van der Waals surface area contributed by atoms with Gasteiger partial charge in [0, 0.05) is 19.6 Å². The smallest absolute Gasteiger partial charge is 0.305 e. The number of carbonyl (C=O) groups is 2. The number of anilines is 1. The minimum absolute atomic E-state index is 0.0658. The average molecular weight is 535 g/mol. The van der Waals surface area contributed by atoms with E-state index in [4.69, 9.17) is 4.74 Å². The summed E-state index contributed by atoms with van der Waals surface area (Å²) in [6.07, 6.45) is 21.2. The fourth-order valence-corrected chi connectivity index (χ4v) is 3.81. The second-order valence-corrected chi connectivity index (χ2v) is 10.1. The lowest BCUT2D eigenvalue weighted by Crippen LogP contribution is -2.10. The van der Waals surface area contributed by atoms with Gasteiger partial charge in [0.1, 0.15) is 0 Å². The molecule has 1 aromatic rings. The summed E-state index contributed by atoms with van der Waals surface area (Å²) in [6, 6.07) is 0. The first kappa shape index (κ1) is 35.5. The highest BCUT2D eigenvalue weighted by atomic mass is 16.5. The molecule has 1 rings (SSSR count). The number of methoxy groups -OCH3 is 2. The lowest BCUT2D eigenvalue weighted by molar-refractivity contribution is -0.140. The summed E-state index contributed by atoms with van der Waals surface area (Å²) in [7, 11) is 2.98. The Morgan fingerprint density at radius 1 is 0.868 bits per heavy atom. The van der Waals surface area contributed by atoms with E-state index in [0.29, 0.717) is 24.0 Å². The van der Waals surface area contributed by atoms with E-state index in [0.717, 1.165) is 12.0 Å². The molecule has 1 N–H and O–H groups in total. The second-order valence-electron chi connectivity index (χ2n) is 10.1. The number of aliphatic imine (C=N–C) groups is 1. The van der Waals surface area contributed by atoms with Gasteiger partial charge in [-0.25, -0.2) is 4.99 Å². The van der Waals surface area contributed by atoms with Gasteiger partial charge in [-0.05, 0) is 19.3 Å². The number of esters is 1. The van der Waals surface area contributed by atoms with E-state index in [9.17, 15) is 9.59 Å². The lowest BCUT2D eigenvalue weighted by Gasteiger charge is -2.08. The molecule has 0 spiro atoms. The van der Waals surface area contributed by atoms with Crippen LogP contribution in [0.4, 0.5) is 11.8 Å². The van der Waals surface area contributed by atoms with Crippen molar-refractivity contribution < 1.29 is 19.1 Å². The Bertz CT molecular complexity index is 797. The van der Waals surface area contributed by atoms with Crippen molar-refractivity contribution in [2.75, 3.05) is 19.5 Å². The van der Waals surface area contributed by atoms with Crippen LogP contribution >= 0.6 is 0 Å². The number of nitrogens with one attached hydrogen (secondary N) is 1. The molecule has 0 saturated carbocycles. The molecule has 0 atom stereocenters. The van der Waals surface area contributed by atoms with Gasteiger partial charge in [-0.1, -0.05) is 104 Å². The molecular weight excluding hydrogens is 480 g/mol. The third-order valence-electron chi connectivity index (χ3n) is 6.01. The molecule has 0 aliphatic rings. The Kier molecular flexibility index (Phi) is 22.0. The minimum atomic E-state index is -0.236. The zero-order chi connectivity index (χ0) is 28.6. The van der Waals surface area contributed by atoms with E-state index >= 15 is 0 Å². The Morgan fingerprint density at radius 2 is 1.37 bits per heavy atom. The predicted molar refractivity (Wildman–Crippen MR) is 158 cm³/mol. The van der Waals surface area contributed by atoms with E-state index < -0.39 is 0 Å². The number of hydrogen-bond donors (Lipinski definition) is 1. The third kappa shape index (κ3) is 19.6. The van der Waals surface area contributed by atoms with Crippen LogP contribution in [0, 0.1) is 12.8 Å². The van der Waals surface area contributed by atoms with Crippen LogP contribution in [0.5, 0.6) is 5.88 Å². The Labute approximate surface area is 231 Å². The lowest BCUT2D eigenvalue weighted by atomic mass is 10.0. The molecule has 0 aromatic carbocycles. The van der Waals surface area contributed by atoms with Crippen LogP contribution in [-0.2, 0) is 14.3 Å². The van der Waals surface area contributed by atoms with Crippen molar-refractivity contribution in [1.29, 1.82) is 0 Å². The van der Waals surface area contributed by atoms with Crippen LogP contribution in [0.1, 0.15) is 130 Å². The van der Waals surface area contributed by atoms with Gasteiger partial charge >= 0.3 is 5.97 Å². The second kappa shape index (κ2) is 23.6. The van der Waals surface area contributed by atoms with Crippen molar-refractivity contribution in [2.24, 2.45) is 10.9 Å². The fourth-order valence-electron chi connectivity index (χ4n) is 3.81. The summed E-state index contributed by atoms with van der Waals surface area (Å²) < 4.78 is 9.76. The van der Waals surface area contributed by atoms with Crippen molar-refractivity contribution in [2.45, 2.75) is 131 Å². The van der Waals surface area contributed by atoms with Crippen LogP contribution in [0.3, 0.4) is 0 Å². The fraction of sp³-hybridized carbons (Fsp3) is 0.767. The SMILES string of the molecule is CCCCCCCCCCCCCCCCC(=O)OC.COc1nc(NC(C)=O)nc(/N=C\C(C)C)c1C. The first-order valence-corrected chi connectivity index (χ1v) is 14.6. The normalized spacial score (nSPS) is 10.8. The maximum Gasteiger partial charge on any atom is 0.305 e. The molecule has 218 valence electrons. The van der Waals surface area contributed by atoms with Crippen LogP contribution in [0.15, 0.2) is 4.99 Å². The van der Waals surface area contributed by atoms with Gasteiger partial charge in [-0.3, -0.25) is 14.9 Å². The summed E-state index contributed by atoms with van der Waals surface area (Å²) in [5.41, 5.74) is 0.739. The third-order valence-corrected chi connectivity index (χ3v) is 6.01. The van der Waals surface area contributed by atoms with Gasteiger partial charge in [0.15, 0.2) is 5.82 Å². The molecule has 38 heavy (non-hydrogen) atoms. The number of ether oxygens (including phenoxy) is 2. The summed E-state index contributed by atoms with van der Waals surface area (Å²) in [4.78, 5) is 34.4. The van der Waals surface area contributed by atoms with Crippen LogP contribution < -0.4 is 10.1 Å². The van der Waals surface area contributed by atoms with Crippen LogP contribution in [-0.4, -0.2) is 42.3 Å². The van der Waals surface area contributed by atoms with Crippen molar-refractivity contribution in [3.8, 4) is 5.88 Å². The monoisotopic (exact) mass is 534 g/mol. The Morgan fingerprint density at radius 3 is 1.79 bits per heavy atom. The summed E-state index contributed by atoms with van der Waals surface area (Å²) in [5, 5.41) is 2.52. The van der Waals surface area contributed by atoms with E-state index in [-0.39, 0.29) is 17.8 Å². The highest BCUT2D eigenvalue weighted by Crippen LogP contribution is 2.25. The topological polar surface area (TPSA) is 103 Å². The van der Waals surface area contributed by atoms with Crippen LogP contribution in [0.25, 0.3) is 0 Å². The van der Waals surface area contributed by atoms with Crippen molar-refractivity contribution >= 4 is 29.9 Å².